The Labute approximate surface area is 162 Å². The molecule has 0 saturated heterocycles. The molecule has 0 atom stereocenters. The lowest BCUT2D eigenvalue weighted by Crippen LogP contribution is -2.38. The summed E-state index contributed by atoms with van der Waals surface area (Å²) in [6.45, 7) is 3.53. The number of rotatable bonds is 8. The van der Waals surface area contributed by atoms with E-state index in [0.29, 0.717) is 18.7 Å². The first-order chi connectivity index (χ1) is 13.1. The van der Waals surface area contributed by atoms with Crippen LogP contribution in [0.5, 0.6) is 5.75 Å². The van der Waals surface area contributed by atoms with Crippen LogP contribution in [0.15, 0.2) is 36.4 Å². The number of anilines is 2. The zero-order valence-corrected chi connectivity index (χ0v) is 16.6. The van der Waals surface area contributed by atoms with Gasteiger partial charge in [-0.2, -0.15) is 0 Å². The lowest BCUT2D eigenvalue weighted by atomic mass is 9.91. The molecule has 1 aromatic heterocycles. The minimum absolute atomic E-state index is 0.480. The van der Waals surface area contributed by atoms with Gasteiger partial charge in [0.1, 0.15) is 29.8 Å². The van der Waals surface area contributed by atoms with Gasteiger partial charge in [0.05, 0.1) is 0 Å². The van der Waals surface area contributed by atoms with Gasteiger partial charge < -0.3 is 20.3 Å². The molecule has 0 aliphatic heterocycles. The predicted octanol–water partition coefficient (Wildman–Crippen LogP) is 3.24. The van der Waals surface area contributed by atoms with Crippen LogP contribution in [-0.2, 0) is 0 Å². The second-order valence-corrected chi connectivity index (χ2v) is 7.36. The van der Waals surface area contributed by atoms with Gasteiger partial charge in [-0.1, -0.05) is 18.2 Å². The Morgan fingerprint density at radius 3 is 2.44 bits per heavy atom. The van der Waals surface area contributed by atoms with Crippen molar-refractivity contribution in [3.8, 4) is 5.75 Å². The van der Waals surface area contributed by atoms with Crippen LogP contribution in [0.25, 0.3) is 0 Å². The zero-order chi connectivity index (χ0) is 19.1. The number of ether oxygens (including phenoxy) is 1. The van der Waals surface area contributed by atoms with Crippen molar-refractivity contribution in [2.75, 3.05) is 37.5 Å². The van der Waals surface area contributed by atoms with Crippen molar-refractivity contribution < 1.29 is 4.74 Å². The summed E-state index contributed by atoms with van der Waals surface area (Å²) in [5.41, 5.74) is 0. The van der Waals surface area contributed by atoms with E-state index < -0.39 is 0 Å². The van der Waals surface area contributed by atoms with Crippen LogP contribution in [0.3, 0.4) is 0 Å². The molecule has 0 bridgehead atoms. The zero-order valence-electron chi connectivity index (χ0n) is 16.6. The van der Waals surface area contributed by atoms with Crippen LogP contribution in [0.2, 0.25) is 0 Å². The summed E-state index contributed by atoms with van der Waals surface area (Å²) in [6, 6.07) is 13.1. The van der Waals surface area contributed by atoms with E-state index in [2.05, 4.69) is 20.6 Å². The van der Waals surface area contributed by atoms with Gasteiger partial charge in [0.2, 0.25) is 0 Å². The van der Waals surface area contributed by atoms with Crippen molar-refractivity contribution in [3.05, 3.63) is 42.2 Å². The molecule has 1 aromatic carbocycles. The summed E-state index contributed by atoms with van der Waals surface area (Å²) in [4.78, 5) is 11.0. The van der Waals surface area contributed by atoms with Crippen LogP contribution in [0, 0.1) is 6.92 Å². The second kappa shape index (κ2) is 9.55. The van der Waals surface area contributed by atoms with E-state index in [1.165, 1.54) is 12.8 Å². The highest BCUT2D eigenvalue weighted by atomic mass is 16.5. The molecular weight excluding hydrogens is 338 g/mol. The molecular formula is C21H31N5O. The Morgan fingerprint density at radius 2 is 1.74 bits per heavy atom. The second-order valence-electron chi connectivity index (χ2n) is 7.36. The summed E-state index contributed by atoms with van der Waals surface area (Å²) in [5.74, 6) is 3.61. The summed E-state index contributed by atoms with van der Waals surface area (Å²) in [5, 5.41) is 7.22. The molecule has 6 nitrogen and oxygen atoms in total. The van der Waals surface area contributed by atoms with Gasteiger partial charge in [0.15, 0.2) is 0 Å². The molecule has 1 aliphatic rings. The molecule has 0 unspecified atom stereocenters. The topological polar surface area (TPSA) is 62.3 Å². The predicted molar refractivity (Wildman–Crippen MR) is 111 cm³/mol. The Morgan fingerprint density at radius 1 is 1.04 bits per heavy atom. The van der Waals surface area contributed by atoms with Gasteiger partial charge in [-0.25, -0.2) is 9.97 Å². The van der Waals surface area contributed by atoms with E-state index in [0.717, 1.165) is 42.6 Å². The minimum atomic E-state index is 0.480. The Bertz CT molecular complexity index is 699. The number of benzene rings is 1. The number of nitrogens with one attached hydrogen (secondary N) is 2. The van der Waals surface area contributed by atoms with Gasteiger partial charge in [-0.05, 0) is 44.7 Å². The van der Waals surface area contributed by atoms with Crippen LogP contribution in [0.1, 0.15) is 31.5 Å². The third kappa shape index (κ3) is 6.10. The number of aromatic nitrogens is 2. The summed E-state index contributed by atoms with van der Waals surface area (Å²) >= 11 is 0. The molecule has 3 rings (SSSR count). The maximum atomic E-state index is 5.75. The number of nitrogens with zero attached hydrogens (tertiary/aromatic N) is 3. The van der Waals surface area contributed by atoms with Crippen molar-refractivity contribution in [2.24, 2.45) is 0 Å². The molecule has 0 radical (unpaired) electrons. The molecule has 2 N–H and O–H groups in total. The average Bonchev–Trinajstić information content (AvgIpc) is 2.67. The fourth-order valence-electron chi connectivity index (χ4n) is 3.45. The highest BCUT2D eigenvalue weighted by Crippen LogP contribution is 2.23. The molecule has 27 heavy (non-hydrogen) atoms. The maximum absolute atomic E-state index is 5.75. The monoisotopic (exact) mass is 369 g/mol. The Kier molecular flexibility index (Phi) is 6.87. The van der Waals surface area contributed by atoms with E-state index in [9.17, 15) is 0 Å². The van der Waals surface area contributed by atoms with Gasteiger partial charge in [-0.3, -0.25) is 0 Å². The fourth-order valence-corrected chi connectivity index (χ4v) is 3.45. The molecule has 6 heteroatoms. The number of para-hydroxylation sites is 1. The lowest BCUT2D eigenvalue weighted by Gasteiger charge is -2.30. The summed E-state index contributed by atoms with van der Waals surface area (Å²) < 4.78 is 5.75. The first kappa shape index (κ1) is 19.4. The Balaban J connectivity index is 1.38. The first-order valence-corrected chi connectivity index (χ1v) is 9.81. The van der Waals surface area contributed by atoms with Crippen molar-refractivity contribution in [2.45, 2.75) is 44.7 Å². The van der Waals surface area contributed by atoms with Gasteiger partial charge >= 0.3 is 0 Å². The molecule has 1 heterocycles. The lowest BCUT2D eigenvalue weighted by molar-refractivity contribution is 0.285. The van der Waals surface area contributed by atoms with Crippen LogP contribution in [0.4, 0.5) is 11.6 Å². The standard InChI is InChI=1S/C21H31N5O/c1-16-23-20(15-21(24-16)26(2)3)25-18-11-9-17(10-12-18)22-13-14-27-19-7-5-4-6-8-19/h4-8,15,17-18,22H,9-14H2,1-3H3,(H,23,24,25). The Hall–Kier alpha value is -2.34. The third-order valence-electron chi connectivity index (χ3n) is 4.91. The minimum Gasteiger partial charge on any atom is -0.492 e. The molecule has 146 valence electrons. The smallest absolute Gasteiger partial charge is 0.133 e. The maximum Gasteiger partial charge on any atom is 0.133 e. The van der Waals surface area contributed by atoms with E-state index in [1.807, 2.05) is 62.3 Å². The summed E-state index contributed by atoms with van der Waals surface area (Å²) in [6.07, 6.45) is 4.65. The highest BCUT2D eigenvalue weighted by molar-refractivity contribution is 5.49. The van der Waals surface area contributed by atoms with Crippen molar-refractivity contribution in [1.29, 1.82) is 0 Å². The number of hydrogen-bond donors (Lipinski definition) is 2. The van der Waals surface area contributed by atoms with E-state index in [4.69, 9.17) is 4.74 Å². The van der Waals surface area contributed by atoms with Crippen LogP contribution >= 0.6 is 0 Å². The third-order valence-corrected chi connectivity index (χ3v) is 4.91. The van der Waals surface area contributed by atoms with Crippen LogP contribution < -0.4 is 20.3 Å². The highest BCUT2D eigenvalue weighted by Gasteiger charge is 2.21. The molecule has 1 fully saturated rings. The molecule has 1 saturated carbocycles. The largest absolute Gasteiger partial charge is 0.492 e. The normalized spacial score (nSPS) is 19.5. The quantitative estimate of drug-likeness (QED) is 0.697. The SMILES string of the molecule is Cc1nc(NC2CCC(NCCOc3ccccc3)CC2)cc(N(C)C)n1. The van der Waals surface area contributed by atoms with Gasteiger partial charge in [0, 0.05) is 38.8 Å². The van der Waals surface area contributed by atoms with E-state index >= 15 is 0 Å². The molecule has 0 spiro atoms. The number of hydrogen-bond acceptors (Lipinski definition) is 6. The van der Waals surface area contributed by atoms with Gasteiger partial charge in [-0.15, -0.1) is 0 Å². The van der Waals surface area contributed by atoms with Crippen molar-refractivity contribution >= 4 is 11.6 Å². The number of aryl methyl sites for hydroxylation is 1. The van der Waals surface area contributed by atoms with Crippen molar-refractivity contribution in [1.82, 2.24) is 15.3 Å². The van der Waals surface area contributed by atoms with Gasteiger partial charge in [0.25, 0.3) is 0 Å². The van der Waals surface area contributed by atoms with Crippen molar-refractivity contribution in [3.63, 3.8) is 0 Å². The fraction of sp³-hybridized carbons (Fsp3) is 0.524. The average molecular weight is 370 g/mol. The molecule has 0 amide bonds. The molecule has 2 aromatic rings. The van der Waals surface area contributed by atoms with Crippen LogP contribution in [-0.4, -0.2) is 49.3 Å². The summed E-state index contributed by atoms with van der Waals surface area (Å²) in [7, 11) is 4.01. The molecule has 1 aliphatic carbocycles. The first-order valence-electron chi connectivity index (χ1n) is 9.81. The van der Waals surface area contributed by atoms with E-state index in [1.54, 1.807) is 0 Å². The van der Waals surface area contributed by atoms with E-state index in [-0.39, 0.29) is 0 Å².